The highest BCUT2D eigenvalue weighted by Crippen LogP contribution is 2.22. The first-order valence-electron chi connectivity index (χ1n) is 7.15. The number of nitrogens with two attached hydrogens (primary N) is 1. The van der Waals surface area contributed by atoms with Crippen LogP contribution in [-0.2, 0) is 6.54 Å². The average molecular weight is 345 g/mol. The Morgan fingerprint density at radius 2 is 1.62 bits per heavy atom. The number of halogens is 2. The minimum absolute atomic E-state index is 0.119. The maximum Gasteiger partial charge on any atom is 0.223 e. The summed E-state index contributed by atoms with van der Waals surface area (Å²) in [7, 11) is 0. The third-order valence-electron chi connectivity index (χ3n) is 3.16. The van der Waals surface area contributed by atoms with E-state index in [1.807, 2.05) is 24.3 Å². The number of aromatic nitrogens is 2. The van der Waals surface area contributed by atoms with Crippen LogP contribution in [0.2, 0.25) is 5.15 Å². The van der Waals surface area contributed by atoms with E-state index in [-0.39, 0.29) is 16.9 Å². The molecule has 24 heavy (non-hydrogen) atoms. The fourth-order valence-electron chi connectivity index (χ4n) is 2.03. The molecular weight excluding hydrogens is 331 g/mol. The quantitative estimate of drug-likeness (QED) is 0.677. The van der Waals surface area contributed by atoms with Gasteiger partial charge in [0.15, 0.2) is 0 Å². The van der Waals surface area contributed by atoms with Crippen molar-refractivity contribution < 1.29 is 9.13 Å². The average Bonchev–Trinajstić information content (AvgIpc) is 2.55. The van der Waals surface area contributed by atoms with Crippen molar-refractivity contribution in [1.82, 2.24) is 9.97 Å². The molecule has 0 amide bonds. The summed E-state index contributed by atoms with van der Waals surface area (Å²) in [6.45, 7) is 0.545. The van der Waals surface area contributed by atoms with Gasteiger partial charge in [0.25, 0.3) is 0 Å². The number of benzene rings is 2. The van der Waals surface area contributed by atoms with Crippen molar-refractivity contribution in [1.29, 1.82) is 0 Å². The van der Waals surface area contributed by atoms with Crippen LogP contribution in [0.1, 0.15) is 5.56 Å². The number of hydrogen-bond donors (Lipinski definition) is 2. The lowest BCUT2D eigenvalue weighted by molar-refractivity contribution is 0.480. The molecule has 0 bridgehead atoms. The van der Waals surface area contributed by atoms with E-state index in [1.165, 1.54) is 12.1 Å². The molecule has 0 atom stereocenters. The van der Waals surface area contributed by atoms with E-state index < -0.39 is 0 Å². The van der Waals surface area contributed by atoms with Gasteiger partial charge in [0.2, 0.25) is 5.95 Å². The van der Waals surface area contributed by atoms with Gasteiger partial charge in [-0.3, -0.25) is 0 Å². The Morgan fingerprint density at radius 3 is 2.25 bits per heavy atom. The van der Waals surface area contributed by atoms with Crippen LogP contribution in [0.4, 0.5) is 16.2 Å². The molecule has 0 aliphatic carbocycles. The number of nitrogens with one attached hydrogen (secondary N) is 1. The highest BCUT2D eigenvalue weighted by Gasteiger charge is 2.02. The maximum atomic E-state index is 12.9. The van der Waals surface area contributed by atoms with E-state index in [0.717, 1.165) is 5.56 Å². The molecular formula is C17H14ClFN4O. The minimum atomic E-state index is -0.297. The first-order chi connectivity index (χ1) is 11.6. The second-order valence-corrected chi connectivity index (χ2v) is 5.37. The molecule has 0 saturated carbocycles. The highest BCUT2D eigenvalue weighted by molar-refractivity contribution is 6.29. The molecule has 0 spiro atoms. The Bertz CT molecular complexity index is 805. The minimum Gasteiger partial charge on any atom is -0.457 e. The number of nitrogen functional groups attached to an aromatic ring is 1. The van der Waals surface area contributed by atoms with Gasteiger partial charge in [-0.2, -0.15) is 4.98 Å². The van der Waals surface area contributed by atoms with Crippen LogP contribution in [0, 0.1) is 5.82 Å². The maximum absolute atomic E-state index is 12.9. The van der Waals surface area contributed by atoms with Crippen molar-refractivity contribution in [2.24, 2.45) is 0 Å². The van der Waals surface area contributed by atoms with Crippen molar-refractivity contribution in [3.05, 3.63) is 71.1 Å². The van der Waals surface area contributed by atoms with E-state index in [4.69, 9.17) is 22.1 Å². The van der Waals surface area contributed by atoms with E-state index in [0.29, 0.717) is 23.9 Å². The molecule has 3 aromatic rings. The summed E-state index contributed by atoms with van der Waals surface area (Å²) in [5.41, 5.74) is 6.57. The fraction of sp³-hybridized carbons (Fsp3) is 0.0588. The van der Waals surface area contributed by atoms with Crippen molar-refractivity contribution >= 4 is 23.4 Å². The summed E-state index contributed by atoms with van der Waals surface area (Å²) in [5.74, 6) is 1.62. The lowest BCUT2D eigenvalue weighted by Crippen LogP contribution is -2.04. The molecule has 0 aliphatic heterocycles. The largest absolute Gasteiger partial charge is 0.457 e. The van der Waals surface area contributed by atoms with Gasteiger partial charge in [-0.15, -0.1) is 0 Å². The van der Waals surface area contributed by atoms with Gasteiger partial charge in [0, 0.05) is 12.6 Å². The molecule has 122 valence electrons. The molecule has 3 N–H and O–H groups in total. The second kappa shape index (κ2) is 7.14. The smallest absolute Gasteiger partial charge is 0.223 e. The van der Waals surface area contributed by atoms with Gasteiger partial charge in [0.1, 0.15) is 28.3 Å². The lowest BCUT2D eigenvalue weighted by atomic mass is 10.2. The SMILES string of the molecule is Nc1nc(Cl)cc(NCc2ccc(Oc3ccc(F)cc3)cc2)n1. The molecule has 3 rings (SSSR count). The first-order valence-corrected chi connectivity index (χ1v) is 7.52. The molecule has 1 heterocycles. The zero-order valence-corrected chi connectivity index (χ0v) is 13.3. The highest BCUT2D eigenvalue weighted by atomic mass is 35.5. The third-order valence-corrected chi connectivity index (χ3v) is 3.35. The Morgan fingerprint density at radius 1 is 1.00 bits per heavy atom. The standard InChI is InChI=1S/C17H14ClFN4O/c18-15-9-16(23-17(20)22-15)21-10-11-1-5-13(6-2-11)24-14-7-3-12(19)4-8-14/h1-9H,10H2,(H3,20,21,22,23). The zero-order chi connectivity index (χ0) is 16.9. The van der Waals surface area contributed by atoms with Crippen molar-refractivity contribution in [2.75, 3.05) is 11.1 Å². The Hall–Kier alpha value is -2.86. The van der Waals surface area contributed by atoms with E-state index in [9.17, 15) is 4.39 Å². The number of anilines is 2. The van der Waals surface area contributed by atoms with Crippen molar-refractivity contribution in [2.45, 2.75) is 6.54 Å². The van der Waals surface area contributed by atoms with Crippen LogP contribution in [0.3, 0.4) is 0 Å². The summed E-state index contributed by atoms with van der Waals surface area (Å²) in [6, 6.07) is 15.0. The lowest BCUT2D eigenvalue weighted by Gasteiger charge is -2.08. The van der Waals surface area contributed by atoms with Crippen LogP contribution in [0.5, 0.6) is 11.5 Å². The van der Waals surface area contributed by atoms with Gasteiger partial charge in [-0.25, -0.2) is 9.37 Å². The van der Waals surface area contributed by atoms with Gasteiger partial charge >= 0.3 is 0 Å². The van der Waals surface area contributed by atoms with Crippen molar-refractivity contribution in [3.8, 4) is 11.5 Å². The Balaban J connectivity index is 1.61. The molecule has 0 saturated heterocycles. The molecule has 0 fully saturated rings. The molecule has 5 nitrogen and oxygen atoms in total. The van der Waals surface area contributed by atoms with E-state index in [2.05, 4.69) is 15.3 Å². The van der Waals surface area contributed by atoms with Gasteiger partial charge < -0.3 is 15.8 Å². The van der Waals surface area contributed by atoms with Gasteiger partial charge in [-0.05, 0) is 42.0 Å². The van der Waals surface area contributed by atoms with Gasteiger partial charge in [-0.1, -0.05) is 23.7 Å². The van der Waals surface area contributed by atoms with Crippen LogP contribution in [-0.4, -0.2) is 9.97 Å². The van der Waals surface area contributed by atoms with E-state index >= 15 is 0 Å². The number of nitrogens with zero attached hydrogens (tertiary/aromatic N) is 2. The molecule has 7 heteroatoms. The number of rotatable bonds is 5. The summed E-state index contributed by atoms with van der Waals surface area (Å²) in [5, 5.41) is 3.41. The normalized spacial score (nSPS) is 10.4. The van der Waals surface area contributed by atoms with Crippen LogP contribution >= 0.6 is 11.6 Å². The summed E-state index contributed by atoms with van der Waals surface area (Å²) >= 11 is 5.83. The summed E-state index contributed by atoms with van der Waals surface area (Å²) in [4.78, 5) is 7.84. The summed E-state index contributed by atoms with van der Waals surface area (Å²) < 4.78 is 18.5. The van der Waals surface area contributed by atoms with Crippen LogP contribution in [0.15, 0.2) is 54.6 Å². The predicted octanol–water partition coefficient (Wildman–Crippen LogP) is 4.26. The first kappa shape index (κ1) is 16.0. The van der Waals surface area contributed by atoms with Gasteiger partial charge in [0.05, 0.1) is 0 Å². The zero-order valence-electron chi connectivity index (χ0n) is 12.5. The topological polar surface area (TPSA) is 73.1 Å². The number of hydrogen-bond acceptors (Lipinski definition) is 5. The van der Waals surface area contributed by atoms with Crippen LogP contribution in [0.25, 0.3) is 0 Å². The fourth-order valence-corrected chi connectivity index (χ4v) is 2.22. The number of ether oxygens (including phenoxy) is 1. The Kier molecular flexibility index (Phi) is 4.77. The van der Waals surface area contributed by atoms with E-state index in [1.54, 1.807) is 18.2 Å². The third kappa shape index (κ3) is 4.33. The molecule has 0 aliphatic rings. The molecule has 0 radical (unpaired) electrons. The predicted molar refractivity (Wildman–Crippen MR) is 91.7 cm³/mol. The van der Waals surface area contributed by atoms with Crippen LogP contribution < -0.4 is 15.8 Å². The summed E-state index contributed by atoms with van der Waals surface area (Å²) in [6.07, 6.45) is 0. The molecule has 1 aromatic heterocycles. The second-order valence-electron chi connectivity index (χ2n) is 4.99. The molecule has 2 aromatic carbocycles. The molecule has 0 unspecified atom stereocenters. The monoisotopic (exact) mass is 344 g/mol. The van der Waals surface area contributed by atoms with Crippen molar-refractivity contribution in [3.63, 3.8) is 0 Å². The Labute approximate surface area is 143 Å².